The molecule has 0 aliphatic heterocycles. The molecular weight excluding hydrogens is 374 g/mol. The lowest BCUT2D eigenvalue weighted by atomic mass is 10.1. The lowest BCUT2D eigenvalue weighted by Crippen LogP contribution is -2.38. The van der Waals surface area contributed by atoms with Crippen molar-refractivity contribution in [1.82, 2.24) is 14.5 Å². The fourth-order valence-electron chi connectivity index (χ4n) is 3.65. The Morgan fingerprint density at radius 1 is 1.10 bits per heavy atom. The number of fused-ring (bicyclic) bond motifs is 1. The van der Waals surface area contributed by atoms with E-state index in [1.165, 1.54) is 0 Å². The third kappa shape index (κ3) is 4.67. The molecule has 0 fully saturated rings. The summed E-state index contributed by atoms with van der Waals surface area (Å²) in [6.07, 6.45) is 6.00. The van der Waals surface area contributed by atoms with Crippen LogP contribution in [0.3, 0.4) is 0 Å². The van der Waals surface area contributed by atoms with Crippen molar-refractivity contribution in [2.75, 3.05) is 6.54 Å². The fourth-order valence-corrected chi connectivity index (χ4v) is 3.65. The Bertz CT molecular complexity index is 1090. The number of hydrogen-bond acceptors (Lipinski definition) is 3. The van der Waals surface area contributed by atoms with E-state index < -0.39 is 0 Å². The molecule has 1 atom stereocenters. The standard InChI is InChI=1S/C25H29N3O2/c1-4-6-18-28(23(29)17-16-19-12-8-7-9-13-19)22(5-2)24-26-21-15-11-10-14-20(21)25(30)27(24)3/h7-17,22H,4-6,18H2,1-3H3/b17-16+/t22-/m1/s1. The number of unbranched alkanes of at least 4 members (excludes halogenated alkanes) is 1. The average molecular weight is 404 g/mol. The summed E-state index contributed by atoms with van der Waals surface area (Å²) >= 11 is 0. The van der Waals surface area contributed by atoms with Crippen LogP contribution >= 0.6 is 0 Å². The van der Waals surface area contributed by atoms with Gasteiger partial charge in [0.25, 0.3) is 5.56 Å². The average Bonchev–Trinajstić information content (AvgIpc) is 2.78. The highest BCUT2D eigenvalue weighted by Gasteiger charge is 2.26. The first kappa shape index (κ1) is 21.5. The number of carbonyl (C=O) groups excluding carboxylic acids is 1. The van der Waals surface area contributed by atoms with Gasteiger partial charge >= 0.3 is 0 Å². The van der Waals surface area contributed by atoms with Crippen LogP contribution in [0.25, 0.3) is 17.0 Å². The maximum atomic E-state index is 13.2. The SMILES string of the molecule is CCCCN(C(=O)/C=C/c1ccccc1)[C@H](CC)c1nc2ccccc2c(=O)n1C. The second-order valence-corrected chi connectivity index (χ2v) is 7.40. The second-order valence-electron chi connectivity index (χ2n) is 7.40. The van der Waals surface area contributed by atoms with Gasteiger partial charge in [-0.05, 0) is 36.6 Å². The fraction of sp³-hybridized carbons (Fsp3) is 0.320. The minimum atomic E-state index is -0.272. The van der Waals surface area contributed by atoms with E-state index in [2.05, 4.69) is 6.92 Å². The van der Waals surface area contributed by atoms with Crippen LogP contribution in [0, 0.1) is 0 Å². The molecule has 0 spiro atoms. The van der Waals surface area contributed by atoms with Gasteiger partial charge < -0.3 is 4.90 Å². The molecule has 0 aliphatic rings. The van der Waals surface area contributed by atoms with E-state index in [1.54, 1.807) is 23.8 Å². The Morgan fingerprint density at radius 3 is 2.50 bits per heavy atom. The number of benzene rings is 2. The van der Waals surface area contributed by atoms with Gasteiger partial charge in [0.15, 0.2) is 0 Å². The van der Waals surface area contributed by atoms with Gasteiger partial charge in [0.05, 0.1) is 16.9 Å². The normalized spacial score (nSPS) is 12.4. The van der Waals surface area contributed by atoms with Crippen LogP contribution < -0.4 is 5.56 Å². The van der Waals surface area contributed by atoms with Crippen molar-refractivity contribution in [2.24, 2.45) is 7.05 Å². The van der Waals surface area contributed by atoms with Gasteiger partial charge in [0, 0.05) is 19.7 Å². The topological polar surface area (TPSA) is 55.2 Å². The monoisotopic (exact) mass is 403 g/mol. The Morgan fingerprint density at radius 2 is 1.80 bits per heavy atom. The van der Waals surface area contributed by atoms with Gasteiger partial charge in [-0.2, -0.15) is 0 Å². The molecule has 0 aliphatic carbocycles. The third-order valence-electron chi connectivity index (χ3n) is 5.33. The van der Waals surface area contributed by atoms with E-state index in [0.717, 1.165) is 18.4 Å². The molecule has 0 N–H and O–H groups in total. The zero-order valence-corrected chi connectivity index (χ0v) is 17.9. The summed E-state index contributed by atoms with van der Waals surface area (Å²) in [5, 5.41) is 0.592. The number of hydrogen-bond donors (Lipinski definition) is 0. The maximum absolute atomic E-state index is 13.2. The molecule has 5 heteroatoms. The van der Waals surface area contributed by atoms with E-state index >= 15 is 0 Å². The van der Waals surface area contributed by atoms with Crippen LogP contribution in [0.4, 0.5) is 0 Å². The molecule has 0 bridgehead atoms. The quantitative estimate of drug-likeness (QED) is 0.511. The molecule has 1 amide bonds. The first-order valence-electron chi connectivity index (χ1n) is 10.6. The van der Waals surface area contributed by atoms with Gasteiger partial charge in [-0.1, -0.05) is 62.7 Å². The van der Waals surface area contributed by atoms with Gasteiger partial charge in [0.2, 0.25) is 5.91 Å². The van der Waals surface area contributed by atoms with Crippen LogP contribution in [0.15, 0.2) is 65.5 Å². The predicted molar refractivity (Wildman–Crippen MR) is 122 cm³/mol. The molecule has 0 saturated heterocycles. The number of amides is 1. The number of aromatic nitrogens is 2. The second kappa shape index (κ2) is 10.0. The number of rotatable bonds is 8. The molecule has 0 unspecified atom stereocenters. The molecule has 5 nitrogen and oxygen atoms in total. The molecule has 3 rings (SSSR count). The maximum Gasteiger partial charge on any atom is 0.261 e. The molecule has 156 valence electrons. The molecule has 30 heavy (non-hydrogen) atoms. The lowest BCUT2D eigenvalue weighted by Gasteiger charge is -2.31. The van der Waals surface area contributed by atoms with E-state index in [0.29, 0.717) is 29.7 Å². The summed E-state index contributed by atoms with van der Waals surface area (Å²) in [4.78, 5) is 32.7. The minimum absolute atomic E-state index is 0.0680. The van der Waals surface area contributed by atoms with E-state index in [9.17, 15) is 9.59 Å². The van der Waals surface area contributed by atoms with Gasteiger partial charge in [-0.15, -0.1) is 0 Å². The smallest absolute Gasteiger partial charge is 0.261 e. The molecule has 1 heterocycles. The lowest BCUT2D eigenvalue weighted by molar-refractivity contribution is -0.128. The Hall–Kier alpha value is -3.21. The predicted octanol–water partition coefficient (Wildman–Crippen LogP) is 4.73. The minimum Gasteiger partial charge on any atom is -0.329 e. The molecule has 1 aromatic heterocycles. The first-order valence-corrected chi connectivity index (χ1v) is 10.6. The van der Waals surface area contributed by atoms with E-state index in [4.69, 9.17) is 4.98 Å². The molecule has 0 radical (unpaired) electrons. The summed E-state index contributed by atoms with van der Waals surface area (Å²) in [6, 6.07) is 16.9. The Balaban J connectivity index is 2.00. The van der Waals surface area contributed by atoms with Gasteiger partial charge in [-0.25, -0.2) is 4.98 Å². The number of carbonyl (C=O) groups is 1. The van der Waals surface area contributed by atoms with Crippen molar-refractivity contribution in [1.29, 1.82) is 0 Å². The van der Waals surface area contributed by atoms with Crippen LogP contribution in [-0.4, -0.2) is 26.9 Å². The highest BCUT2D eigenvalue weighted by molar-refractivity contribution is 5.92. The van der Waals surface area contributed by atoms with Crippen LogP contribution in [0.1, 0.15) is 50.5 Å². The highest BCUT2D eigenvalue weighted by Crippen LogP contribution is 2.24. The largest absolute Gasteiger partial charge is 0.329 e. The first-order chi connectivity index (χ1) is 14.6. The van der Waals surface area contributed by atoms with E-state index in [-0.39, 0.29) is 17.5 Å². The Kier molecular flexibility index (Phi) is 7.17. The zero-order chi connectivity index (χ0) is 21.5. The Labute approximate surface area is 177 Å². The van der Waals surface area contributed by atoms with Crippen LogP contribution in [-0.2, 0) is 11.8 Å². The molecular formula is C25H29N3O2. The summed E-state index contributed by atoms with van der Waals surface area (Å²) in [7, 11) is 1.74. The summed E-state index contributed by atoms with van der Waals surface area (Å²) in [5.41, 5.74) is 1.55. The number of nitrogens with zero attached hydrogens (tertiary/aromatic N) is 3. The molecule has 3 aromatic rings. The number of para-hydroxylation sites is 1. The highest BCUT2D eigenvalue weighted by atomic mass is 16.2. The van der Waals surface area contributed by atoms with Crippen LogP contribution in [0.2, 0.25) is 0 Å². The van der Waals surface area contributed by atoms with Crippen molar-refractivity contribution in [3.8, 4) is 0 Å². The van der Waals surface area contributed by atoms with Crippen molar-refractivity contribution in [2.45, 2.75) is 39.2 Å². The van der Waals surface area contributed by atoms with E-state index in [1.807, 2.05) is 66.4 Å². The summed E-state index contributed by atoms with van der Waals surface area (Å²) in [6.45, 7) is 4.75. The van der Waals surface area contributed by atoms with Crippen molar-refractivity contribution >= 4 is 22.9 Å². The summed E-state index contributed by atoms with van der Waals surface area (Å²) in [5.74, 6) is 0.556. The molecule has 0 saturated carbocycles. The third-order valence-corrected chi connectivity index (χ3v) is 5.33. The van der Waals surface area contributed by atoms with Gasteiger partial charge in [-0.3, -0.25) is 14.2 Å². The van der Waals surface area contributed by atoms with Crippen molar-refractivity contribution in [3.05, 3.63) is 82.4 Å². The zero-order valence-electron chi connectivity index (χ0n) is 17.9. The van der Waals surface area contributed by atoms with Crippen molar-refractivity contribution < 1.29 is 4.79 Å². The molecule has 2 aromatic carbocycles. The summed E-state index contributed by atoms with van der Waals surface area (Å²) < 4.78 is 1.59. The van der Waals surface area contributed by atoms with Crippen molar-refractivity contribution in [3.63, 3.8) is 0 Å². The van der Waals surface area contributed by atoms with Crippen LogP contribution in [0.5, 0.6) is 0 Å². The van der Waals surface area contributed by atoms with Gasteiger partial charge in [0.1, 0.15) is 5.82 Å².